The average Bonchev–Trinajstić information content (AvgIpc) is 2.49. The maximum Gasteiger partial charge on any atom is 0.153 e. The maximum absolute atomic E-state index is 10.5. The van der Waals surface area contributed by atoms with Crippen LogP contribution in [-0.4, -0.2) is 17.1 Å². The van der Waals surface area contributed by atoms with Crippen molar-refractivity contribution < 1.29 is 9.90 Å². The Morgan fingerprint density at radius 2 is 2.33 bits per heavy atom. The van der Waals surface area contributed by atoms with Crippen molar-refractivity contribution in [2.45, 2.75) is 11.3 Å². The molecule has 0 aliphatic carbocycles. The van der Waals surface area contributed by atoms with Gasteiger partial charge in [0, 0.05) is 10.6 Å². The number of fused-ring (bicyclic) bond motifs is 1. The van der Waals surface area contributed by atoms with Crippen LogP contribution in [0, 0.1) is 0 Å². The summed E-state index contributed by atoms with van der Waals surface area (Å²) in [6.45, 7) is 0. The van der Waals surface area contributed by atoms with Crippen molar-refractivity contribution in [3.8, 4) is 5.75 Å². The van der Waals surface area contributed by atoms with Gasteiger partial charge in [-0.15, -0.1) is 11.8 Å². The molecule has 0 unspecified atom stereocenters. The first-order valence-electron chi connectivity index (χ1n) is 3.75. The van der Waals surface area contributed by atoms with Gasteiger partial charge in [0.25, 0.3) is 0 Å². The number of carbonyl (C=O) groups excluding carboxylic acids is 1. The van der Waals surface area contributed by atoms with E-state index in [0.29, 0.717) is 11.8 Å². The Hall–Kier alpha value is -0.960. The van der Waals surface area contributed by atoms with Crippen LogP contribution >= 0.6 is 11.8 Å². The number of phenolic OH excluding ortho intramolecular Hbond substituents is 1. The predicted molar refractivity (Wildman–Crippen MR) is 47.9 cm³/mol. The number of thioether (sulfide) groups is 1. The van der Waals surface area contributed by atoms with E-state index < -0.39 is 0 Å². The first-order valence-corrected chi connectivity index (χ1v) is 4.73. The van der Waals surface area contributed by atoms with Crippen molar-refractivity contribution in [2.75, 3.05) is 5.75 Å². The maximum atomic E-state index is 10.5. The molecular formula is C9H8O2S. The molecule has 0 saturated heterocycles. The van der Waals surface area contributed by atoms with E-state index in [1.54, 1.807) is 23.9 Å². The van der Waals surface area contributed by atoms with Gasteiger partial charge in [-0.3, -0.25) is 4.79 Å². The summed E-state index contributed by atoms with van der Waals surface area (Å²) < 4.78 is 0. The lowest BCUT2D eigenvalue weighted by Crippen LogP contribution is -1.85. The summed E-state index contributed by atoms with van der Waals surface area (Å²) in [5.41, 5.74) is 1.55. The smallest absolute Gasteiger partial charge is 0.153 e. The van der Waals surface area contributed by atoms with Crippen LogP contribution in [0.5, 0.6) is 5.75 Å². The third kappa shape index (κ3) is 1.10. The minimum Gasteiger partial charge on any atom is -0.507 e. The van der Waals surface area contributed by atoms with E-state index in [-0.39, 0.29) is 5.75 Å². The number of aromatic hydroxyl groups is 1. The number of aldehydes is 1. The van der Waals surface area contributed by atoms with Gasteiger partial charge in [-0.1, -0.05) is 0 Å². The summed E-state index contributed by atoms with van der Waals surface area (Å²) in [7, 11) is 0. The number of carbonyl (C=O) groups is 1. The zero-order chi connectivity index (χ0) is 8.55. The molecule has 1 heterocycles. The number of hydrogen-bond acceptors (Lipinski definition) is 3. The van der Waals surface area contributed by atoms with E-state index in [1.165, 1.54) is 0 Å². The van der Waals surface area contributed by atoms with Crippen molar-refractivity contribution in [1.29, 1.82) is 0 Å². The van der Waals surface area contributed by atoms with Gasteiger partial charge >= 0.3 is 0 Å². The van der Waals surface area contributed by atoms with Gasteiger partial charge in [-0.25, -0.2) is 0 Å². The quantitative estimate of drug-likeness (QED) is 0.670. The lowest BCUT2D eigenvalue weighted by atomic mass is 10.1. The molecule has 1 N–H and O–H groups in total. The predicted octanol–water partition coefficient (Wildman–Crippen LogP) is 1.85. The average molecular weight is 180 g/mol. The normalized spacial score (nSPS) is 14.3. The topological polar surface area (TPSA) is 37.3 Å². The molecule has 1 aliphatic rings. The zero-order valence-electron chi connectivity index (χ0n) is 6.41. The molecule has 3 heteroatoms. The standard InChI is InChI=1S/C9H8O2S/c10-5-7-4-9-6(1-2-12-9)3-8(7)11/h3-5,11H,1-2H2. The van der Waals surface area contributed by atoms with Crippen LogP contribution in [0.15, 0.2) is 17.0 Å². The van der Waals surface area contributed by atoms with Gasteiger partial charge in [0.15, 0.2) is 6.29 Å². The fourth-order valence-corrected chi connectivity index (χ4v) is 2.42. The van der Waals surface area contributed by atoms with Gasteiger partial charge in [0.2, 0.25) is 0 Å². The van der Waals surface area contributed by atoms with Crippen molar-refractivity contribution in [2.24, 2.45) is 0 Å². The molecule has 1 aromatic carbocycles. The summed E-state index contributed by atoms with van der Waals surface area (Å²) in [5, 5.41) is 9.33. The summed E-state index contributed by atoms with van der Waals surface area (Å²) in [4.78, 5) is 11.6. The van der Waals surface area contributed by atoms with Crippen LogP contribution in [0.3, 0.4) is 0 Å². The first-order chi connectivity index (χ1) is 5.81. The van der Waals surface area contributed by atoms with Gasteiger partial charge < -0.3 is 5.11 Å². The molecule has 0 fully saturated rings. The number of hydrogen-bond donors (Lipinski definition) is 1. The van der Waals surface area contributed by atoms with Crippen molar-refractivity contribution in [1.82, 2.24) is 0 Å². The highest BCUT2D eigenvalue weighted by molar-refractivity contribution is 7.99. The molecule has 0 bridgehead atoms. The van der Waals surface area contributed by atoms with Crippen molar-refractivity contribution in [3.05, 3.63) is 23.3 Å². The summed E-state index contributed by atoms with van der Waals surface area (Å²) in [6, 6.07) is 3.45. The first kappa shape index (κ1) is 7.68. The molecule has 0 amide bonds. The largest absolute Gasteiger partial charge is 0.507 e. The second-order valence-electron chi connectivity index (χ2n) is 2.74. The molecule has 62 valence electrons. The van der Waals surface area contributed by atoms with Crippen LogP contribution in [-0.2, 0) is 6.42 Å². The van der Waals surface area contributed by atoms with Crippen LogP contribution < -0.4 is 0 Å². The van der Waals surface area contributed by atoms with Crippen LogP contribution in [0.2, 0.25) is 0 Å². The van der Waals surface area contributed by atoms with E-state index in [2.05, 4.69) is 0 Å². The Balaban J connectivity index is 2.56. The second-order valence-corrected chi connectivity index (χ2v) is 3.87. The molecule has 0 aromatic heterocycles. The van der Waals surface area contributed by atoms with Crippen LogP contribution in [0.4, 0.5) is 0 Å². The van der Waals surface area contributed by atoms with E-state index >= 15 is 0 Å². The molecular weight excluding hydrogens is 172 g/mol. The Bertz CT molecular complexity index is 334. The zero-order valence-corrected chi connectivity index (χ0v) is 7.23. The summed E-state index contributed by atoms with van der Waals surface area (Å²) in [5.74, 6) is 1.16. The monoisotopic (exact) mass is 180 g/mol. The van der Waals surface area contributed by atoms with E-state index in [9.17, 15) is 9.90 Å². The lowest BCUT2D eigenvalue weighted by molar-refractivity contribution is 0.112. The molecule has 1 aromatic rings. The van der Waals surface area contributed by atoms with Gasteiger partial charge in [0.1, 0.15) is 5.75 Å². The highest BCUT2D eigenvalue weighted by Gasteiger charge is 2.14. The summed E-state index contributed by atoms with van der Waals surface area (Å²) in [6.07, 6.45) is 1.68. The number of rotatable bonds is 1. The van der Waals surface area contributed by atoms with Gasteiger partial charge in [-0.05, 0) is 24.1 Å². The Labute approximate surface area is 74.6 Å². The van der Waals surface area contributed by atoms with Gasteiger partial charge in [0.05, 0.1) is 5.56 Å². The van der Waals surface area contributed by atoms with Crippen molar-refractivity contribution in [3.63, 3.8) is 0 Å². The number of aryl methyl sites for hydroxylation is 1. The molecule has 2 nitrogen and oxygen atoms in total. The third-order valence-electron chi connectivity index (χ3n) is 1.97. The highest BCUT2D eigenvalue weighted by Crippen LogP contribution is 2.34. The Morgan fingerprint density at radius 3 is 3.08 bits per heavy atom. The molecule has 0 saturated carbocycles. The molecule has 12 heavy (non-hydrogen) atoms. The highest BCUT2D eigenvalue weighted by atomic mass is 32.2. The molecule has 2 rings (SSSR count). The van der Waals surface area contributed by atoms with Crippen molar-refractivity contribution >= 4 is 18.0 Å². The lowest BCUT2D eigenvalue weighted by Gasteiger charge is -2.01. The molecule has 0 spiro atoms. The molecule has 0 radical (unpaired) electrons. The third-order valence-corrected chi connectivity index (χ3v) is 3.07. The Kier molecular flexibility index (Phi) is 1.81. The molecule has 0 atom stereocenters. The molecule has 1 aliphatic heterocycles. The van der Waals surface area contributed by atoms with Gasteiger partial charge in [-0.2, -0.15) is 0 Å². The van der Waals surface area contributed by atoms with Crippen LogP contribution in [0.1, 0.15) is 15.9 Å². The minimum atomic E-state index is 0.103. The number of benzene rings is 1. The SMILES string of the molecule is O=Cc1cc2c(cc1O)CCS2. The fraction of sp³-hybridized carbons (Fsp3) is 0.222. The summed E-state index contributed by atoms with van der Waals surface area (Å²) >= 11 is 1.74. The fourth-order valence-electron chi connectivity index (χ4n) is 1.32. The van der Waals surface area contributed by atoms with Crippen LogP contribution in [0.25, 0.3) is 0 Å². The van der Waals surface area contributed by atoms with E-state index in [0.717, 1.165) is 22.6 Å². The van der Waals surface area contributed by atoms with E-state index in [4.69, 9.17) is 0 Å². The van der Waals surface area contributed by atoms with E-state index in [1.807, 2.05) is 0 Å². The Morgan fingerprint density at radius 1 is 1.50 bits per heavy atom. The second kappa shape index (κ2) is 2.83. The number of phenols is 1. The minimum absolute atomic E-state index is 0.103.